The van der Waals surface area contributed by atoms with E-state index < -0.39 is 6.04 Å². The van der Waals surface area contributed by atoms with Gasteiger partial charge in [-0.15, -0.1) is 0 Å². The number of aromatic nitrogens is 4. The molecule has 11 heteroatoms. The van der Waals surface area contributed by atoms with Crippen LogP contribution in [0.25, 0.3) is 0 Å². The topological polar surface area (TPSA) is 158 Å². The molecule has 2 aromatic rings. The van der Waals surface area contributed by atoms with Gasteiger partial charge in [0.05, 0.1) is 24.5 Å². The minimum atomic E-state index is -0.506. The van der Waals surface area contributed by atoms with Crippen LogP contribution in [0.2, 0.25) is 0 Å². The number of nitrogens with zero attached hydrogens (tertiary/aromatic N) is 3. The number of imidazole rings is 1. The van der Waals surface area contributed by atoms with Crippen molar-refractivity contribution in [1.82, 2.24) is 30.4 Å². The second-order valence-electron chi connectivity index (χ2n) is 10.7. The minimum absolute atomic E-state index is 0.201. The molecule has 0 radical (unpaired) electrons. The summed E-state index contributed by atoms with van der Waals surface area (Å²) < 4.78 is 6.95. The maximum absolute atomic E-state index is 12.1. The van der Waals surface area contributed by atoms with Gasteiger partial charge in [0.1, 0.15) is 11.5 Å². The zero-order valence-corrected chi connectivity index (χ0v) is 27.5. The lowest BCUT2D eigenvalue weighted by atomic mass is 9.85. The SMILES string of the molecule is CC.CC1CCC(=O)NC1.CCC(C)=C(C(C)=N)C1CCOCC1.CCn1nccc1C(=O)NC(CO)c1cnc(C)[nH]1. The lowest BCUT2D eigenvalue weighted by molar-refractivity contribution is -0.122. The van der Waals surface area contributed by atoms with Crippen LogP contribution < -0.4 is 10.6 Å². The van der Waals surface area contributed by atoms with Crippen molar-refractivity contribution in [3.8, 4) is 0 Å². The number of nitrogens with one attached hydrogen (secondary N) is 4. The van der Waals surface area contributed by atoms with Crippen LogP contribution in [0.15, 0.2) is 29.6 Å². The van der Waals surface area contributed by atoms with Crippen LogP contribution in [-0.2, 0) is 16.1 Å². The van der Waals surface area contributed by atoms with E-state index in [-0.39, 0.29) is 18.4 Å². The monoisotopic (exact) mass is 601 g/mol. The van der Waals surface area contributed by atoms with E-state index in [1.54, 1.807) is 23.1 Å². The molecule has 2 amide bonds. The van der Waals surface area contributed by atoms with Crippen molar-refractivity contribution in [2.45, 2.75) is 100 Å². The predicted molar refractivity (Wildman–Crippen MR) is 171 cm³/mol. The molecule has 5 N–H and O–H groups in total. The highest BCUT2D eigenvalue weighted by Crippen LogP contribution is 2.27. The number of carbonyl (C=O) groups excluding carboxylic acids is 2. The zero-order chi connectivity index (χ0) is 32.4. The van der Waals surface area contributed by atoms with Crippen molar-refractivity contribution in [2.75, 3.05) is 26.4 Å². The molecule has 43 heavy (non-hydrogen) atoms. The number of aliphatic hydroxyl groups is 1. The fourth-order valence-corrected chi connectivity index (χ4v) is 4.86. The van der Waals surface area contributed by atoms with Gasteiger partial charge in [-0.1, -0.05) is 33.3 Å². The largest absolute Gasteiger partial charge is 0.394 e. The summed E-state index contributed by atoms with van der Waals surface area (Å²) in [6, 6.07) is 1.14. The number of hydrogen-bond acceptors (Lipinski definition) is 7. The van der Waals surface area contributed by atoms with E-state index in [4.69, 9.17) is 10.1 Å². The molecule has 2 atom stereocenters. The average molecular weight is 602 g/mol. The molecule has 2 fully saturated rings. The average Bonchev–Trinajstić information content (AvgIpc) is 3.68. The first-order valence-electron chi connectivity index (χ1n) is 15.7. The molecule has 2 aromatic heterocycles. The van der Waals surface area contributed by atoms with Crippen LogP contribution in [-0.4, -0.2) is 68.7 Å². The lowest BCUT2D eigenvalue weighted by Crippen LogP contribution is -2.33. The van der Waals surface area contributed by atoms with Crippen LogP contribution in [0.3, 0.4) is 0 Å². The maximum atomic E-state index is 12.1. The fraction of sp³-hybridized carbons (Fsp3) is 0.656. The first-order chi connectivity index (χ1) is 20.6. The van der Waals surface area contributed by atoms with Gasteiger partial charge in [-0.2, -0.15) is 5.10 Å². The number of aromatic amines is 1. The van der Waals surface area contributed by atoms with Gasteiger partial charge in [-0.05, 0) is 76.9 Å². The normalized spacial score (nSPS) is 17.8. The second-order valence-corrected chi connectivity index (χ2v) is 10.7. The van der Waals surface area contributed by atoms with Gasteiger partial charge >= 0.3 is 0 Å². The molecule has 0 spiro atoms. The Bertz CT molecular complexity index is 1140. The van der Waals surface area contributed by atoms with Gasteiger partial charge in [0.25, 0.3) is 5.91 Å². The third-order valence-corrected chi connectivity index (χ3v) is 7.37. The summed E-state index contributed by atoms with van der Waals surface area (Å²) in [5.74, 6) is 1.93. The lowest BCUT2D eigenvalue weighted by Gasteiger charge is -2.26. The van der Waals surface area contributed by atoms with Crippen molar-refractivity contribution in [2.24, 2.45) is 11.8 Å². The number of carbonyl (C=O) groups is 2. The number of hydrogen-bond donors (Lipinski definition) is 5. The van der Waals surface area contributed by atoms with Crippen molar-refractivity contribution in [3.05, 3.63) is 46.8 Å². The molecule has 2 unspecified atom stereocenters. The summed E-state index contributed by atoms with van der Waals surface area (Å²) in [5.41, 5.74) is 4.56. The molecular formula is C32H55N7O4. The van der Waals surface area contributed by atoms with Gasteiger partial charge < -0.3 is 30.9 Å². The Kier molecular flexibility index (Phi) is 18.0. The minimum Gasteiger partial charge on any atom is -0.394 e. The van der Waals surface area contributed by atoms with Gasteiger partial charge in [-0.3, -0.25) is 14.3 Å². The standard InChI is InChI=1S/C12H17N5O2.C12H21NO.C6H11NO.C2H6/c1-3-17-11(4-5-14-17)12(19)16-10(7-18)9-6-13-8(2)15-9;1-4-9(2)12(10(3)13)11-5-7-14-8-6-11;1-5-2-3-6(8)7-4-5;1-2/h4-6,10,18H,3,7H2,1-2H3,(H,13,15)(H,16,19);11,13H,4-8H2,1-3H3;5H,2-4H2,1H3,(H,7,8);1-2H3. The zero-order valence-electron chi connectivity index (χ0n) is 27.5. The highest BCUT2D eigenvalue weighted by molar-refractivity contribution is 5.96. The van der Waals surface area contributed by atoms with Gasteiger partial charge in [-0.25, -0.2) is 4.98 Å². The van der Waals surface area contributed by atoms with Crippen molar-refractivity contribution >= 4 is 17.5 Å². The second kappa shape index (κ2) is 20.6. The fourth-order valence-electron chi connectivity index (χ4n) is 4.86. The van der Waals surface area contributed by atoms with Crippen LogP contribution in [0.1, 0.15) is 109 Å². The van der Waals surface area contributed by atoms with Crippen molar-refractivity contribution < 1.29 is 19.4 Å². The van der Waals surface area contributed by atoms with Gasteiger partial charge in [0.2, 0.25) is 5.91 Å². The van der Waals surface area contributed by atoms with Crippen molar-refractivity contribution in [1.29, 1.82) is 5.41 Å². The van der Waals surface area contributed by atoms with E-state index in [2.05, 4.69) is 46.5 Å². The highest BCUT2D eigenvalue weighted by Gasteiger charge is 2.21. The molecule has 0 bridgehead atoms. The first-order valence-corrected chi connectivity index (χ1v) is 15.7. The maximum Gasteiger partial charge on any atom is 0.270 e. The third kappa shape index (κ3) is 12.8. The molecule has 0 aromatic carbocycles. The number of amides is 2. The molecule has 0 aliphatic carbocycles. The van der Waals surface area contributed by atoms with Gasteiger partial charge in [0, 0.05) is 44.6 Å². The van der Waals surface area contributed by atoms with E-state index in [1.165, 1.54) is 11.1 Å². The molecule has 2 saturated heterocycles. The van der Waals surface area contributed by atoms with Crippen molar-refractivity contribution in [3.63, 3.8) is 0 Å². The first kappa shape index (κ1) is 37.7. The number of aryl methyl sites for hydroxylation is 2. The molecule has 2 aliphatic rings. The van der Waals surface area contributed by atoms with Crippen LogP contribution >= 0.6 is 0 Å². The Hall–Kier alpha value is -3.31. The highest BCUT2D eigenvalue weighted by atomic mass is 16.5. The summed E-state index contributed by atoms with van der Waals surface area (Å²) >= 11 is 0. The number of rotatable bonds is 8. The quantitative estimate of drug-likeness (QED) is 0.264. The Morgan fingerprint density at radius 1 is 1.23 bits per heavy atom. The summed E-state index contributed by atoms with van der Waals surface area (Å²) in [6.07, 6.45) is 8.20. The number of H-pyrrole nitrogens is 1. The van der Waals surface area contributed by atoms with Crippen LogP contribution in [0.5, 0.6) is 0 Å². The molecule has 242 valence electrons. The number of ether oxygens (including phenoxy) is 1. The summed E-state index contributed by atoms with van der Waals surface area (Å²) in [5, 5.41) is 26.8. The number of piperidine rings is 1. The van der Waals surface area contributed by atoms with E-state index in [1.807, 2.05) is 34.6 Å². The molecule has 4 rings (SSSR count). The summed E-state index contributed by atoms with van der Waals surface area (Å²) in [7, 11) is 0. The predicted octanol–water partition coefficient (Wildman–Crippen LogP) is 5.14. The molecule has 0 saturated carbocycles. The van der Waals surface area contributed by atoms with Gasteiger partial charge in [0.15, 0.2) is 0 Å². The smallest absolute Gasteiger partial charge is 0.270 e. The Morgan fingerprint density at radius 3 is 2.37 bits per heavy atom. The van der Waals surface area contributed by atoms with E-state index in [0.29, 0.717) is 29.8 Å². The summed E-state index contributed by atoms with van der Waals surface area (Å²) in [4.78, 5) is 29.7. The molecule has 2 aliphatic heterocycles. The molecule has 4 heterocycles. The van der Waals surface area contributed by atoms with E-state index in [0.717, 1.165) is 63.4 Å². The Balaban J connectivity index is 0.000000337. The van der Waals surface area contributed by atoms with E-state index in [9.17, 15) is 14.7 Å². The Morgan fingerprint density at radius 2 is 1.91 bits per heavy atom. The summed E-state index contributed by atoms with van der Waals surface area (Å²) in [6.45, 7) is 19.1. The molecular weight excluding hydrogens is 546 g/mol. The van der Waals surface area contributed by atoms with Crippen LogP contribution in [0.4, 0.5) is 0 Å². The number of allylic oxidation sites excluding steroid dienone is 2. The van der Waals surface area contributed by atoms with Crippen LogP contribution in [0, 0.1) is 24.2 Å². The number of aliphatic hydroxyl groups excluding tert-OH is 1. The third-order valence-electron chi connectivity index (χ3n) is 7.37. The Labute approximate surface area is 257 Å². The van der Waals surface area contributed by atoms with E-state index >= 15 is 0 Å². The molecule has 11 nitrogen and oxygen atoms in total.